The van der Waals surface area contributed by atoms with Crippen LogP contribution in [-0.4, -0.2) is 16.6 Å². The predicted molar refractivity (Wildman–Crippen MR) is 74.2 cm³/mol. The van der Waals surface area contributed by atoms with Gasteiger partial charge in [-0.15, -0.1) is 0 Å². The average molecular weight is 267 g/mol. The Labute approximate surface area is 116 Å². The minimum atomic E-state index is -0.457. The van der Waals surface area contributed by atoms with Gasteiger partial charge in [0.1, 0.15) is 0 Å². The zero-order chi connectivity index (χ0) is 13.9. The lowest BCUT2D eigenvalue weighted by Gasteiger charge is -2.11. The second kappa shape index (κ2) is 5.13. The Morgan fingerprint density at radius 1 is 1.20 bits per heavy atom. The van der Waals surface area contributed by atoms with Gasteiger partial charge >= 0.3 is 0 Å². The van der Waals surface area contributed by atoms with E-state index in [-0.39, 0.29) is 6.10 Å². The molecule has 3 rings (SSSR count). The minimum Gasteiger partial charge on any atom is -0.387 e. The van der Waals surface area contributed by atoms with E-state index in [1.54, 1.807) is 24.5 Å². The number of hydrogen-bond acceptors (Lipinski definition) is 4. The summed E-state index contributed by atoms with van der Waals surface area (Å²) in [5.74, 6) is -0.457. The first-order chi connectivity index (χ1) is 9.75. The standard InChI is InChI=1S/C15H13N3O2/c16-15(19)12-4-2-1-3-11(12)14-9-13(18-20-14)10-5-7-17-8-6-10/h1-8,14H,9H2,(H2,16,19). The molecule has 1 amide bonds. The third-order valence-corrected chi connectivity index (χ3v) is 3.26. The lowest BCUT2D eigenvalue weighted by Crippen LogP contribution is -2.15. The Kier molecular flexibility index (Phi) is 3.16. The summed E-state index contributed by atoms with van der Waals surface area (Å²) in [5.41, 5.74) is 8.45. The summed E-state index contributed by atoms with van der Waals surface area (Å²) in [7, 11) is 0. The maximum Gasteiger partial charge on any atom is 0.249 e. The summed E-state index contributed by atoms with van der Waals surface area (Å²) in [6, 6.07) is 10.9. The number of rotatable bonds is 3. The molecule has 100 valence electrons. The predicted octanol–water partition coefficient (Wildman–Crippen LogP) is 2.05. The van der Waals surface area contributed by atoms with Gasteiger partial charge in [-0.2, -0.15) is 0 Å². The highest BCUT2D eigenvalue weighted by molar-refractivity contribution is 6.01. The monoisotopic (exact) mass is 267 g/mol. The van der Waals surface area contributed by atoms with Crippen LogP contribution in [0.25, 0.3) is 0 Å². The zero-order valence-corrected chi connectivity index (χ0v) is 10.7. The van der Waals surface area contributed by atoms with E-state index in [9.17, 15) is 4.79 Å². The number of primary amides is 1. The van der Waals surface area contributed by atoms with Crippen LogP contribution in [0.1, 0.15) is 34.0 Å². The van der Waals surface area contributed by atoms with Gasteiger partial charge in [-0.05, 0) is 18.2 Å². The van der Waals surface area contributed by atoms with Crippen LogP contribution >= 0.6 is 0 Å². The second-order valence-electron chi connectivity index (χ2n) is 4.52. The van der Waals surface area contributed by atoms with Crippen molar-refractivity contribution in [3.05, 3.63) is 65.5 Å². The largest absolute Gasteiger partial charge is 0.387 e. The summed E-state index contributed by atoms with van der Waals surface area (Å²) < 4.78 is 0. The number of aromatic nitrogens is 1. The number of carbonyl (C=O) groups excluding carboxylic acids is 1. The zero-order valence-electron chi connectivity index (χ0n) is 10.7. The molecule has 1 aromatic heterocycles. The number of carbonyl (C=O) groups is 1. The molecule has 5 heteroatoms. The average Bonchev–Trinajstić information content (AvgIpc) is 2.98. The second-order valence-corrected chi connectivity index (χ2v) is 4.52. The van der Waals surface area contributed by atoms with E-state index in [2.05, 4.69) is 10.1 Å². The number of hydrogen-bond donors (Lipinski definition) is 1. The van der Waals surface area contributed by atoms with Crippen LogP contribution in [0.3, 0.4) is 0 Å². The molecule has 0 saturated carbocycles. The van der Waals surface area contributed by atoms with E-state index < -0.39 is 5.91 Å². The number of oxime groups is 1. The molecule has 20 heavy (non-hydrogen) atoms. The highest BCUT2D eigenvalue weighted by Gasteiger charge is 2.26. The van der Waals surface area contributed by atoms with Crippen molar-refractivity contribution in [3.63, 3.8) is 0 Å². The van der Waals surface area contributed by atoms with Crippen molar-refractivity contribution in [2.24, 2.45) is 10.9 Å². The molecular weight excluding hydrogens is 254 g/mol. The fourth-order valence-electron chi connectivity index (χ4n) is 2.26. The van der Waals surface area contributed by atoms with Gasteiger partial charge in [-0.25, -0.2) is 0 Å². The summed E-state index contributed by atoms with van der Waals surface area (Å²) in [6.07, 6.45) is 3.75. The van der Waals surface area contributed by atoms with Crippen LogP contribution in [0.4, 0.5) is 0 Å². The number of nitrogens with two attached hydrogens (primary N) is 1. The number of pyridine rings is 1. The fraction of sp³-hybridized carbons (Fsp3) is 0.133. The maximum absolute atomic E-state index is 11.5. The Morgan fingerprint density at radius 3 is 2.70 bits per heavy atom. The first kappa shape index (κ1) is 12.3. The van der Waals surface area contributed by atoms with Gasteiger partial charge in [0, 0.05) is 35.5 Å². The minimum absolute atomic E-state index is 0.276. The van der Waals surface area contributed by atoms with Crippen LogP contribution in [0.5, 0.6) is 0 Å². The molecule has 0 spiro atoms. The maximum atomic E-state index is 11.5. The van der Waals surface area contributed by atoms with Gasteiger partial charge in [0.2, 0.25) is 5.91 Å². The summed E-state index contributed by atoms with van der Waals surface area (Å²) in [4.78, 5) is 20.9. The SMILES string of the molecule is NC(=O)c1ccccc1C1CC(c2ccncc2)=NO1. The smallest absolute Gasteiger partial charge is 0.249 e. The molecule has 1 aliphatic heterocycles. The molecule has 2 N–H and O–H groups in total. The molecule has 0 bridgehead atoms. The van der Waals surface area contributed by atoms with Crippen molar-refractivity contribution in [1.29, 1.82) is 0 Å². The van der Waals surface area contributed by atoms with Gasteiger partial charge < -0.3 is 10.6 Å². The Hall–Kier alpha value is -2.69. The van der Waals surface area contributed by atoms with Crippen molar-refractivity contribution < 1.29 is 9.63 Å². The summed E-state index contributed by atoms with van der Waals surface area (Å²) >= 11 is 0. The highest BCUT2D eigenvalue weighted by atomic mass is 16.6. The Balaban J connectivity index is 1.85. The molecule has 2 heterocycles. The molecule has 0 saturated heterocycles. The molecule has 1 aliphatic rings. The van der Waals surface area contributed by atoms with E-state index in [4.69, 9.17) is 10.6 Å². The number of benzene rings is 1. The topological polar surface area (TPSA) is 77.6 Å². The van der Waals surface area contributed by atoms with Crippen molar-refractivity contribution in [1.82, 2.24) is 4.98 Å². The number of nitrogens with zero attached hydrogens (tertiary/aromatic N) is 2. The van der Waals surface area contributed by atoms with Gasteiger partial charge in [0.25, 0.3) is 0 Å². The Bertz CT molecular complexity index is 668. The third kappa shape index (κ3) is 2.25. The fourth-order valence-corrected chi connectivity index (χ4v) is 2.26. The lowest BCUT2D eigenvalue weighted by atomic mass is 9.97. The van der Waals surface area contributed by atoms with E-state index in [0.29, 0.717) is 12.0 Å². The van der Waals surface area contributed by atoms with Crippen LogP contribution < -0.4 is 5.73 Å². The van der Waals surface area contributed by atoms with Crippen molar-refractivity contribution in [2.75, 3.05) is 0 Å². The van der Waals surface area contributed by atoms with E-state index >= 15 is 0 Å². The van der Waals surface area contributed by atoms with Crippen molar-refractivity contribution in [3.8, 4) is 0 Å². The molecule has 1 atom stereocenters. The van der Waals surface area contributed by atoms with Crippen LogP contribution in [-0.2, 0) is 4.84 Å². The van der Waals surface area contributed by atoms with E-state index in [0.717, 1.165) is 16.8 Å². The first-order valence-corrected chi connectivity index (χ1v) is 6.27. The molecule has 1 aromatic carbocycles. The highest BCUT2D eigenvalue weighted by Crippen LogP contribution is 2.31. The van der Waals surface area contributed by atoms with Crippen LogP contribution in [0.15, 0.2) is 53.9 Å². The van der Waals surface area contributed by atoms with Crippen molar-refractivity contribution in [2.45, 2.75) is 12.5 Å². The molecule has 0 radical (unpaired) electrons. The van der Waals surface area contributed by atoms with E-state index in [1.165, 1.54) is 0 Å². The first-order valence-electron chi connectivity index (χ1n) is 6.27. The van der Waals surface area contributed by atoms with Crippen LogP contribution in [0, 0.1) is 0 Å². The van der Waals surface area contributed by atoms with E-state index in [1.807, 2.05) is 24.3 Å². The van der Waals surface area contributed by atoms with Gasteiger partial charge in [-0.1, -0.05) is 23.4 Å². The number of amides is 1. The summed E-state index contributed by atoms with van der Waals surface area (Å²) in [5, 5.41) is 4.10. The Morgan fingerprint density at radius 2 is 1.95 bits per heavy atom. The lowest BCUT2D eigenvalue weighted by molar-refractivity contribution is 0.0830. The van der Waals surface area contributed by atoms with Gasteiger partial charge in [-0.3, -0.25) is 9.78 Å². The summed E-state index contributed by atoms with van der Waals surface area (Å²) in [6.45, 7) is 0. The molecule has 1 unspecified atom stereocenters. The third-order valence-electron chi connectivity index (χ3n) is 3.26. The molecule has 0 fully saturated rings. The molecule has 2 aromatic rings. The van der Waals surface area contributed by atoms with Crippen LogP contribution in [0.2, 0.25) is 0 Å². The van der Waals surface area contributed by atoms with Gasteiger partial charge in [0.05, 0.1) is 5.71 Å². The van der Waals surface area contributed by atoms with Crippen molar-refractivity contribution >= 4 is 11.6 Å². The molecule has 5 nitrogen and oxygen atoms in total. The molecular formula is C15H13N3O2. The molecule has 0 aliphatic carbocycles. The van der Waals surface area contributed by atoms with Gasteiger partial charge in [0.15, 0.2) is 6.10 Å². The normalized spacial score (nSPS) is 17.4. The quantitative estimate of drug-likeness (QED) is 0.924.